The fraction of sp³-hybridized carbons (Fsp3) is 0.462. The maximum absolute atomic E-state index is 13.0. The lowest BCUT2D eigenvalue weighted by Gasteiger charge is -2.13. The highest BCUT2D eigenvalue weighted by Crippen LogP contribution is 2.32. The molecule has 0 saturated carbocycles. The highest BCUT2D eigenvalue weighted by Gasteiger charge is 2.33. The van der Waals surface area contributed by atoms with Crippen molar-refractivity contribution < 1.29 is 26.0 Å². The van der Waals surface area contributed by atoms with E-state index < -0.39 is 27.6 Å². The van der Waals surface area contributed by atoms with Crippen molar-refractivity contribution in [2.75, 3.05) is 18.8 Å². The summed E-state index contributed by atoms with van der Waals surface area (Å²) in [5.74, 6) is -1.23. The summed E-state index contributed by atoms with van der Waals surface area (Å²) >= 11 is 0. The Morgan fingerprint density at radius 2 is 1.92 bits per heavy atom. The third kappa shape index (κ3) is 9.21. The van der Waals surface area contributed by atoms with E-state index in [1.807, 2.05) is 0 Å². The molecule has 0 spiro atoms. The van der Waals surface area contributed by atoms with Gasteiger partial charge in [0.2, 0.25) is 10.0 Å². The fourth-order valence-electron chi connectivity index (χ4n) is 1.77. The van der Waals surface area contributed by atoms with Crippen LogP contribution in [-0.2, 0) is 22.7 Å². The van der Waals surface area contributed by atoms with Crippen LogP contribution >= 0.6 is 24.0 Å². The van der Waals surface area contributed by atoms with Gasteiger partial charge in [-0.05, 0) is 24.6 Å². The zero-order valence-corrected chi connectivity index (χ0v) is 16.4. The second-order valence-corrected chi connectivity index (χ2v) is 6.52. The Labute approximate surface area is 160 Å². The molecule has 0 unspecified atom stereocenters. The Morgan fingerprint density at radius 1 is 1.28 bits per heavy atom. The molecule has 144 valence electrons. The Kier molecular flexibility index (Phi) is 9.64. The van der Waals surface area contributed by atoms with Crippen molar-refractivity contribution in [2.24, 2.45) is 10.1 Å². The molecule has 0 aliphatic heterocycles. The van der Waals surface area contributed by atoms with Crippen molar-refractivity contribution in [1.29, 1.82) is 0 Å². The van der Waals surface area contributed by atoms with Crippen LogP contribution in [0, 0.1) is 5.82 Å². The molecule has 0 atom stereocenters. The smallest absolute Gasteiger partial charge is 0.357 e. The van der Waals surface area contributed by atoms with Gasteiger partial charge in [0.1, 0.15) is 5.82 Å². The zero-order valence-electron chi connectivity index (χ0n) is 13.2. The molecule has 1 aromatic rings. The number of benzene rings is 1. The van der Waals surface area contributed by atoms with Crippen LogP contribution in [0.15, 0.2) is 23.2 Å². The molecule has 1 rings (SSSR count). The first-order valence-corrected chi connectivity index (χ1v) is 8.62. The second kappa shape index (κ2) is 10.1. The van der Waals surface area contributed by atoms with E-state index >= 15 is 0 Å². The summed E-state index contributed by atoms with van der Waals surface area (Å²) in [7, 11) is -3.67. The van der Waals surface area contributed by atoms with E-state index in [1.165, 1.54) is 0 Å². The summed E-state index contributed by atoms with van der Waals surface area (Å²) in [5, 5.41) is 10.3. The lowest BCUT2D eigenvalue weighted by molar-refractivity contribution is -0.138. The summed E-state index contributed by atoms with van der Waals surface area (Å²) in [6.45, 7) is 1.73. The Hall–Kier alpha value is -1.15. The van der Waals surface area contributed by atoms with Gasteiger partial charge in [-0.25, -0.2) is 22.9 Å². The number of alkyl halides is 3. The van der Waals surface area contributed by atoms with Crippen LogP contribution in [-0.4, -0.2) is 33.2 Å². The van der Waals surface area contributed by atoms with Crippen LogP contribution in [0.1, 0.15) is 18.1 Å². The number of hydrogen-bond acceptors (Lipinski definition) is 3. The van der Waals surface area contributed by atoms with E-state index in [2.05, 4.69) is 15.6 Å². The molecule has 1 aromatic carbocycles. The Bertz CT molecular complexity index is 696. The number of halogens is 5. The van der Waals surface area contributed by atoms with Crippen LogP contribution in [0.2, 0.25) is 0 Å². The van der Waals surface area contributed by atoms with Crippen LogP contribution in [0.3, 0.4) is 0 Å². The zero-order chi connectivity index (χ0) is 18.4. The highest BCUT2D eigenvalue weighted by atomic mass is 127. The van der Waals surface area contributed by atoms with Gasteiger partial charge >= 0.3 is 6.18 Å². The van der Waals surface area contributed by atoms with E-state index in [0.29, 0.717) is 12.6 Å². The number of nitrogens with two attached hydrogens (primary N) is 1. The second-order valence-electron chi connectivity index (χ2n) is 4.79. The molecule has 0 amide bonds. The van der Waals surface area contributed by atoms with Gasteiger partial charge in [-0.3, -0.25) is 0 Å². The van der Waals surface area contributed by atoms with Crippen molar-refractivity contribution in [3.8, 4) is 0 Å². The van der Waals surface area contributed by atoms with Gasteiger partial charge in [0.15, 0.2) is 5.96 Å². The summed E-state index contributed by atoms with van der Waals surface area (Å²) in [6, 6.07) is 2.34. The normalized spacial score (nSPS) is 12.5. The number of primary sulfonamides is 1. The van der Waals surface area contributed by atoms with Gasteiger partial charge in [-0.1, -0.05) is 6.07 Å². The first kappa shape index (κ1) is 23.9. The number of rotatable bonds is 6. The van der Waals surface area contributed by atoms with E-state index in [4.69, 9.17) is 5.14 Å². The molecular weight excluding hydrogens is 479 g/mol. The molecule has 12 heteroatoms. The number of hydrogen-bond donors (Lipinski definition) is 3. The number of guanidine groups is 1. The molecule has 0 aliphatic rings. The van der Waals surface area contributed by atoms with Crippen molar-refractivity contribution >= 4 is 40.0 Å². The quantitative estimate of drug-likeness (QED) is 0.241. The minimum absolute atomic E-state index is 0. The predicted molar refractivity (Wildman–Crippen MR) is 97.6 cm³/mol. The molecule has 0 bridgehead atoms. The third-order valence-corrected chi connectivity index (χ3v) is 3.58. The Balaban J connectivity index is 0.00000576. The van der Waals surface area contributed by atoms with Crippen molar-refractivity contribution in [3.63, 3.8) is 0 Å². The lowest BCUT2D eigenvalue weighted by atomic mass is 10.1. The van der Waals surface area contributed by atoms with Crippen LogP contribution in [0.5, 0.6) is 0 Å². The molecule has 0 heterocycles. The van der Waals surface area contributed by atoms with E-state index in [1.54, 1.807) is 6.92 Å². The largest absolute Gasteiger partial charge is 0.416 e. The number of nitrogens with one attached hydrogen (secondary N) is 2. The van der Waals surface area contributed by atoms with Crippen LogP contribution in [0.4, 0.5) is 17.6 Å². The molecule has 25 heavy (non-hydrogen) atoms. The van der Waals surface area contributed by atoms with Gasteiger partial charge in [0.05, 0.1) is 17.9 Å². The van der Waals surface area contributed by atoms with Gasteiger partial charge < -0.3 is 10.6 Å². The molecule has 0 fully saturated rings. The van der Waals surface area contributed by atoms with E-state index in [0.717, 1.165) is 12.1 Å². The highest BCUT2D eigenvalue weighted by molar-refractivity contribution is 14.0. The molecule has 0 saturated heterocycles. The average Bonchev–Trinajstić information content (AvgIpc) is 2.43. The number of sulfonamides is 1. The van der Waals surface area contributed by atoms with E-state index in [9.17, 15) is 26.0 Å². The van der Waals surface area contributed by atoms with Crippen molar-refractivity contribution in [2.45, 2.75) is 19.6 Å². The maximum atomic E-state index is 13.0. The van der Waals surface area contributed by atoms with E-state index in [-0.39, 0.29) is 54.3 Å². The number of nitrogens with zero attached hydrogens (tertiary/aromatic N) is 1. The van der Waals surface area contributed by atoms with Crippen LogP contribution in [0.25, 0.3) is 0 Å². The molecule has 6 nitrogen and oxygen atoms in total. The van der Waals surface area contributed by atoms with Gasteiger partial charge in [0.25, 0.3) is 0 Å². The first-order valence-electron chi connectivity index (χ1n) is 6.91. The summed E-state index contributed by atoms with van der Waals surface area (Å²) < 4.78 is 73.5. The Morgan fingerprint density at radius 3 is 2.44 bits per heavy atom. The van der Waals surface area contributed by atoms with Crippen LogP contribution < -0.4 is 15.8 Å². The lowest BCUT2D eigenvalue weighted by Crippen LogP contribution is -2.40. The SMILES string of the molecule is CCNC(=NCc1ccc(F)cc1C(F)(F)F)NCCS(N)(=O)=O.I. The van der Waals surface area contributed by atoms with Gasteiger partial charge in [-0.2, -0.15) is 13.2 Å². The predicted octanol–water partition coefficient (Wildman–Crippen LogP) is 1.81. The summed E-state index contributed by atoms with van der Waals surface area (Å²) in [4.78, 5) is 3.94. The topological polar surface area (TPSA) is 96.6 Å². The standard InChI is InChI=1S/C13H18F4N4O2S.HI/c1-2-19-12(20-5-6-24(18,22)23)21-8-9-3-4-10(14)7-11(9)13(15,16)17;/h3-4,7H,2,5-6,8H2,1H3,(H2,18,22,23)(H2,19,20,21);1H. The van der Waals surface area contributed by atoms with Crippen molar-refractivity contribution in [1.82, 2.24) is 10.6 Å². The fourth-order valence-corrected chi connectivity index (χ4v) is 2.15. The first-order chi connectivity index (χ1) is 11.0. The monoisotopic (exact) mass is 498 g/mol. The molecule has 0 aliphatic carbocycles. The molecule has 0 radical (unpaired) electrons. The maximum Gasteiger partial charge on any atom is 0.416 e. The molecular formula is C13H19F4IN4O2S. The summed E-state index contributed by atoms with van der Waals surface area (Å²) in [5.41, 5.74) is -1.31. The molecule has 4 N–H and O–H groups in total. The number of aliphatic imine (C=N–C) groups is 1. The minimum Gasteiger partial charge on any atom is -0.357 e. The minimum atomic E-state index is -4.70. The average molecular weight is 498 g/mol. The molecule has 0 aromatic heterocycles. The van der Waals surface area contributed by atoms with Gasteiger partial charge in [0, 0.05) is 13.1 Å². The van der Waals surface area contributed by atoms with Gasteiger partial charge in [-0.15, -0.1) is 24.0 Å². The third-order valence-electron chi connectivity index (χ3n) is 2.81. The van der Waals surface area contributed by atoms with Crippen molar-refractivity contribution in [3.05, 3.63) is 35.1 Å². The summed E-state index contributed by atoms with van der Waals surface area (Å²) in [6.07, 6.45) is -4.70.